The summed E-state index contributed by atoms with van der Waals surface area (Å²) in [6.07, 6.45) is 0.657. The maximum absolute atomic E-state index is 12.9. The van der Waals surface area contributed by atoms with Gasteiger partial charge in [0.15, 0.2) is 0 Å². The fraction of sp³-hybridized carbons (Fsp3) is 0.176. The Hall–Kier alpha value is -2.13. The molecule has 3 aromatic rings. The van der Waals surface area contributed by atoms with Crippen molar-refractivity contribution in [3.63, 3.8) is 0 Å². The molecule has 0 aliphatic rings. The van der Waals surface area contributed by atoms with Crippen molar-refractivity contribution in [1.82, 2.24) is 9.55 Å². The van der Waals surface area contributed by atoms with Gasteiger partial charge < -0.3 is 0 Å². The van der Waals surface area contributed by atoms with Crippen molar-refractivity contribution in [2.45, 2.75) is 20.3 Å². The summed E-state index contributed by atoms with van der Waals surface area (Å²) in [4.78, 5) is 17.5. The van der Waals surface area contributed by atoms with Crippen LogP contribution in [0.25, 0.3) is 16.6 Å². The lowest BCUT2D eigenvalue weighted by molar-refractivity contribution is 0.829. The summed E-state index contributed by atoms with van der Waals surface area (Å²) in [5, 5.41) is 1.16. The van der Waals surface area contributed by atoms with Crippen LogP contribution in [0.15, 0.2) is 47.3 Å². The van der Waals surface area contributed by atoms with Gasteiger partial charge in [-0.2, -0.15) is 0 Å². The number of para-hydroxylation sites is 2. The summed E-state index contributed by atoms with van der Waals surface area (Å²) in [5.74, 6) is 0.718. The Labute approximate surface area is 127 Å². The second kappa shape index (κ2) is 5.34. The molecule has 0 fully saturated rings. The van der Waals surface area contributed by atoms with Gasteiger partial charge in [0.25, 0.3) is 5.56 Å². The number of aryl methyl sites for hydroxylation is 2. The molecule has 2 aromatic carbocycles. The van der Waals surface area contributed by atoms with Gasteiger partial charge in [-0.25, -0.2) is 4.98 Å². The zero-order valence-electron chi connectivity index (χ0n) is 11.9. The van der Waals surface area contributed by atoms with Crippen molar-refractivity contribution in [2.75, 3.05) is 0 Å². The van der Waals surface area contributed by atoms with E-state index in [-0.39, 0.29) is 5.56 Å². The molecule has 106 valence electrons. The largest absolute Gasteiger partial charge is 0.268 e. The van der Waals surface area contributed by atoms with Crippen LogP contribution in [0.1, 0.15) is 18.3 Å². The lowest BCUT2D eigenvalue weighted by atomic mass is 10.1. The van der Waals surface area contributed by atoms with E-state index in [4.69, 9.17) is 11.6 Å². The molecule has 0 radical (unpaired) electrons. The Balaban J connectivity index is 2.47. The SMILES string of the molecule is CCc1nc2ccccc2c(=O)n1-c1c(C)cccc1Cl. The van der Waals surface area contributed by atoms with Crippen molar-refractivity contribution in [3.8, 4) is 5.69 Å². The zero-order valence-corrected chi connectivity index (χ0v) is 12.7. The normalized spacial score (nSPS) is 11.0. The number of halogens is 1. The molecular weight excluding hydrogens is 284 g/mol. The average molecular weight is 299 g/mol. The third-order valence-electron chi connectivity index (χ3n) is 3.57. The van der Waals surface area contributed by atoms with Gasteiger partial charge in [0.1, 0.15) is 5.82 Å². The van der Waals surface area contributed by atoms with Crippen LogP contribution in [0, 0.1) is 6.92 Å². The van der Waals surface area contributed by atoms with E-state index < -0.39 is 0 Å². The number of benzene rings is 2. The highest BCUT2D eigenvalue weighted by Gasteiger charge is 2.15. The van der Waals surface area contributed by atoms with E-state index in [2.05, 4.69) is 4.98 Å². The Morgan fingerprint density at radius 1 is 1.14 bits per heavy atom. The van der Waals surface area contributed by atoms with E-state index >= 15 is 0 Å². The van der Waals surface area contributed by atoms with Crippen LogP contribution in [-0.2, 0) is 6.42 Å². The maximum atomic E-state index is 12.9. The topological polar surface area (TPSA) is 34.9 Å². The minimum Gasteiger partial charge on any atom is -0.268 e. The van der Waals surface area contributed by atoms with Gasteiger partial charge in [0.2, 0.25) is 0 Å². The summed E-state index contributed by atoms with van der Waals surface area (Å²) in [6, 6.07) is 13.0. The average Bonchev–Trinajstić information content (AvgIpc) is 2.49. The molecule has 0 aliphatic carbocycles. The lowest BCUT2D eigenvalue weighted by Gasteiger charge is -2.15. The van der Waals surface area contributed by atoms with E-state index in [9.17, 15) is 4.79 Å². The molecule has 0 unspecified atom stereocenters. The third kappa shape index (κ3) is 2.24. The smallest absolute Gasteiger partial charge is 0.266 e. The Morgan fingerprint density at radius 3 is 2.62 bits per heavy atom. The molecule has 3 rings (SSSR count). The summed E-state index contributed by atoms with van der Waals surface area (Å²) in [7, 11) is 0. The molecule has 0 saturated carbocycles. The predicted octanol–water partition coefficient (Wildman–Crippen LogP) is 3.91. The molecule has 0 bridgehead atoms. The van der Waals surface area contributed by atoms with Gasteiger partial charge in [-0.3, -0.25) is 9.36 Å². The lowest BCUT2D eigenvalue weighted by Crippen LogP contribution is -2.24. The van der Waals surface area contributed by atoms with E-state index in [1.54, 1.807) is 16.7 Å². The van der Waals surface area contributed by atoms with Gasteiger partial charge in [0, 0.05) is 6.42 Å². The number of fused-ring (bicyclic) bond motifs is 1. The predicted molar refractivity (Wildman–Crippen MR) is 86.5 cm³/mol. The quantitative estimate of drug-likeness (QED) is 0.719. The minimum absolute atomic E-state index is 0.0753. The standard InChI is InChI=1S/C17H15ClN2O/c1-3-15-19-14-10-5-4-8-12(14)17(21)20(15)16-11(2)7-6-9-13(16)18/h4-10H,3H2,1-2H3. The second-order valence-electron chi connectivity index (χ2n) is 4.94. The van der Waals surface area contributed by atoms with Crippen LogP contribution in [-0.4, -0.2) is 9.55 Å². The molecule has 0 spiro atoms. The molecule has 3 nitrogen and oxygen atoms in total. The van der Waals surface area contributed by atoms with Crippen molar-refractivity contribution in [1.29, 1.82) is 0 Å². The molecule has 21 heavy (non-hydrogen) atoms. The van der Waals surface area contributed by atoms with Crippen LogP contribution < -0.4 is 5.56 Å². The molecular formula is C17H15ClN2O. The third-order valence-corrected chi connectivity index (χ3v) is 3.88. The van der Waals surface area contributed by atoms with Crippen LogP contribution >= 0.6 is 11.6 Å². The van der Waals surface area contributed by atoms with E-state index in [0.29, 0.717) is 16.8 Å². The molecule has 0 aliphatic heterocycles. The fourth-order valence-electron chi connectivity index (χ4n) is 2.55. The summed E-state index contributed by atoms with van der Waals surface area (Å²) in [6.45, 7) is 3.93. The first-order valence-electron chi connectivity index (χ1n) is 6.89. The fourth-order valence-corrected chi connectivity index (χ4v) is 2.86. The van der Waals surface area contributed by atoms with Crippen molar-refractivity contribution < 1.29 is 0 Å². The molecule has 0 amide bonds. The highest BCUT2D eigenvalue weighted by molar-refractivity contribution is 6.32. The number of rotatable bonds is 2. The minimum atomic E-state index is -0.0753. The monoisotopic (exact) mass is 298 g/mol. The summed E-state index contributed by atoms with van der Waals surface area (Å²) >= 11 is 6.33. The summed E-state index contributed by atoms with van der Waals surface area (Å²) < 4.78 is 1.64. The highest BCUT2D eigenvalue weighted by atomic mass is 35.5. The van der Waals surface area contributed by atoms with Gasteiger partial charge in [-0.1, -0.05) is 42.8 Å². The second-order valence-corrected chi connectivity index (χ2v) is 5.35. The van der Waals surface area contributed by atoms with Crippen LogP contribution in [0.4, 0.5) is 0 Å². The number of nitrogens with zero attached hydrogens (tertiary/aromatic N) is 2. The van der Waals surface area contributed by atoms with Gasteiger partial charge in [-0.15, -0.1) is 0 Å². The molecule has 0 saturated heterocycles. The first-order chi connectivity index (χ1) is 10.1. The van der Waals surface area contributed by atoms with Gasteiger partial charge in [-0.05, 0) is 30.7 Å². The number of aromatic nitrogens is 2. The highest BCUT2D eigenvalue weighted by Crippen LogP contribution is 2.24. The number of hydrogen-bond acceptors (Lipinski definition) is 2. The van der Waals surface area contributed by atoms with E-state index in [1.807, 2.05) is 44.2 Å². The Morgan fingerprint density at radius 2 is 1.90 bits per heavy atom. The van der Waals surface area contributed by atoms with Crippen molar-refractivity contribution >= 4 is 22.5 Å². The molecule has 1 heterocycles. The van der Waals surface area contributed by atoms with Crippen LogP contribution in [0.2, 0.25) is 5.02 Å². The number of hydrogen-bond donors (Lipinski definition) is 0. The van der Waals surface area contributed by atoms with Crippen LogP contribution in [0.5, 0.6) is 0 Å². The van der Waals surface area contributed by atoms with E-state index in [0.717, 1.165) is 22.6 Å². The molecule has 1 aromatic heterocycles. The Kier molecular flexibility index (Phi) is 3.52. The van der Waals surface area contributed by atoms with Gasteiger partial charge >= 0.3 is 0 Å². The van der Waals surface area contributed by atoms with Crippen molar-refractivity contribution in [2.24, 2.45) is 0 Å². The van der Waals surface area contributed by atoms with Crippen LogP contribution in [0.3, 0.4) is 0 Å². The molecule has 0 N–H and O–H groups in total. The Bertz CT molecular complexity index is 863. The first-order valence-corrected chi connectivity index (χ1v) is 7.27. The molecule has 4 heteroatoms. The zero-order chi connectivity index (χ0) is 15.0. The van der Waals surface area contributed by atoms with E-state index in [1.165, 1.54) is 0 Å². The van der Waals surface area contributed by atoms with Crippen molar-refractivity contribution in [3.05, 3.63) is 69.2 Å². The molecule has 0 atom stereocenters. The maximum Gasteiger partial charge on any atom is 0.266 e. The van der Waals surface area contributed by atoms with Gasteiger partial charge in [0.05, 0.1) is 21.6 Å². The first kappa shape index (κ1) is 13.8. The summed E-state index contributed by atoms with van der Waals surface area (Å²) in [5.41, 5.74) is 2.32.